The normalized spacial score (nSPS) is 11.6. The van der Waals surface area contributed by atoms with Crippen molar-refractivity contribution in [3.8, 4) is 11.5 Å². The van der Waals surface area contributed by atoms with Gasteiger partial charge in [-0.2, -0.15) is 0 Å². The van der Waals surface area contributed by atoms with Crippen molar-refractivity contribution in [3.63, 3.8) is 0 Å². The Hall–Kier alpha value is -2.82. The number of Topliss-reactive ketones (excluding diaryl/α,β-unsaturated/α-hetero) is 1. The number of ether oxygens (including phenoxy) is 2. The van der Waals surface area contributed by atoms with Crippen molar-refractivity contribution in [2.24, 2.45) is 0 Å². The van der Waals surface area contributed by atoms with E-state index in [1.54, 1.807) is 36.3 Å². The van der Waals surface area contributed by atoms with Crippen LogP contribution in [0.3, 0.4) is 0 Å². The summed E-state index contributed by atoms with van der Waals surface area (Å²) >= 11 is 0. The van der Waals surface area contributed by atoms with Gasteiger partial charge in [-0.1, -0.05) is 12.1 Å². The van der Waals surface area contributed by atoms with Crippen LogP contribution in [0.15, 0.2) is 48.5 Å². The zero-order chi connectivity index (χ0) is 19.8. The summed E-state index contributed by atoms with van der Waals surface area (Å²) in [6.45, 7) is 3.99. The number of hydrogen-bond donors (Lipinski definition) is 0. The minimum Gasteiger partial charge on any atom is -0.497 e. The Bertz CT molecular complexity index is 753. The van der Waals surface area contributed by atoms with Gasteiger partial charge in [0.05, 0.1) is 19.8 Å². The van der Waals surface area contributed by atoms with Crippen molar-refractivity contribution < 1.29 is 19.1 Å². The van der Waals surface area contributed by atoms with E-state index in [1.165, 1.54) is 6.92 Å². The third-order valence-corrected chi connectivity index (χ3v) is 4.64. The Morgan fingerprint density at radius 3 is 2.15 bits per heavy atom. The molecule has 0 aliphatic carbocycles. The highest BCUT2D eigenvalue weighted by Crippen LogP contribution is 2.22. The molecular weight excluding hydrogens is 342 g/mol. The van der Waals surface area contributed by atoms with E-state index in [4.69, 9.17) is 9.47 Å². The molecule has 0 saturated heterocycles. The molecule has 0 aliphatic rings. The number of rotatable bonds is 9. The van der Waals surface area contributed by atoms with E-state index in [1.807, 2.05) is 38.2 Å². The smallest absolute Gasteiger partial charge is 0.222 e. The van der Waals surface area contributed by atoms with Crippen LogP contribution < -0.4 is 9.47 Å². The highest BCUT2D eigenvalue weighted by Gasteiger charge is 2.17. The van der Waals surface area contributed by atoms with Crippen LogP contribution in [0, 0.1) is 0 Å². The Morgan fingerprint density at radius 2 is 1.59 bits per heavy atom. The summed E-state index contributed by atoms with van der Waals surface area (Å²) in [5, 5.41) is 0. The first-order chi connectivity index (χ1) is 12.9. The fourth-order valence-corrected chi connectivity index (χ4v) is 2.70. The third kappa shape index (κ3) is 5.84. The monoisotopic (exact) mass is 369 g/mol. The van der Waals surface area contributed by atoms with E-state index in [9.17, 15) is 9.59 Å². The number of nitrogens with zero attached hydrogens (tertiary/aromatic N) is 1. The lowest BCUT2D eigenvalue weighted by Gasteiger charge is -2.25. The summed E-state index contributed by atoms with van der Waals surface area (Å²) < 4.78 is 10.8. The van der Waals surface area contributed by atoms with E-state index < -0.39 is 0 Å². The first-order valence-electron chi connectivity index (χ1n) is 9.05. The minimum atomic E-state index is -0.0107. The molecule has 2 aromatic rings. The number of ketones is 1. The lowest BCUT2D eigenvalue weighted by molar-refractivity contribution is -0.132. The molecular formula is C22H27NO4. The van der Waals surface area contributed by atoms with Crippen molar-refractivity contribution in [2.45, 2.75) is 32.7 Å². The molecule has 0 heterocycles. The number of amides is 1. The van der Waals surface area contributed by atoms with Gasteiger partial charge in [0.1, 0.15) is 11.5 Å². The van der Waals surface area contributed by atoms with E-state index >= 15 is 0 Å². The zero-order valence-corrected chi connectivity index (χ0v) is 16.4. The molecule has 1 amide bonds. The molecule has 0 aromatic heterocycles. The topological polar surface area (TPSA) is 55.8 Å². The zero-order valence-electron chi connectivity index (χ0n) is 16.4. The summed E-state index contributed by atoms with van der Waals surface area (Å²) in [4.78, 5) is 25.4. The molecule has 0 spiro atoms. The molecule has 5 heteroatoms. The highest BCUT2D eigenvalue weighted by molar-refractivity contribution is 5.94. The average Bonchev–Trinajstić information content (AvgIpc) is 2.70. The van der Waals surface area contributed by atoms with Gasteiger partial charge in [0.25, 0.3) is 0 Å². The van der Waals surface area contributed by atoms with E-state index in [2.05, 4.69) is 0 Å². The molecule has 27 heavy (non-hydrogen) atoms. The van der Waals surface area contributed by atoms with Crippen LogP contribution in [0.2, 0.25) is 0 Å². The van der Waals surface area contributed by atoms with E-state index in [-0.39, 0.29) is 17.7 Å². The largest absolute Gasteiger partial charge is 0.497 e. The summed E-state index contributed by atoms with van der Waals surface area (Å²) in [7, 11) is 3.45. The van der Waals surface area contributed by atoms with Crippen LogP contribution in [0.1, 0.15) is 48.7 Å². The first-order valence-corrected chi connectivity index (χ1v) is 9.05. The molecule has 0 fully saturated rings. The summed E-state index contributed by atoms with van der Waals surface area (Å²) in [5.41, 5.74) is 1.72. The SMILES string of the molecule is COc1ccc(C(C)N(C)C(=O)CCCOc2ccc(C(C)=O)cc2)cc1. The maximum absolute atomic E-state index is 12.4. The molecule has 0 N–H and O–H groups in total. The minimum absolute atomic E-state index is 0.0107. The second kappa shape index (κ2) is 9.76. The van der Waals surface area contributed by atoms with Gasteiger partial charge in [-0.05, 0) is 62.2 Å². The maximum atomic E-state index is 12.4. The number of carbonyl (C=O) groups excluding carboxylic acids is 2. The fourth-order valence-electron chi connectivity index (χ4n) is 2.70. The van der Waals surface area contributed by atoms with Gasteiger partial charge in [-0.3, -0.25) is 9.59 Å². The summed E-state index contributed by atoms with van der Waals surface area (Å²) in [6, 6.07) is 14.8. The second-order valence-electron chi connectivity index (χ2n) is 6.49. The van der Waals surface area contributed by atoms with Gasteiger partial charge < -0.3 is 14.4 Å². The van der Waals surface area contributed by atoms with Crippen LogP contribution >= 0.6 is 0 Å². The van der Waals surface area contributed by atoms with E-state index in [0.717, 1.165) is 11.3 Å². The Labute approximate surface area is 160 Å². The molecule has 2 rings (SSSR count). The van der Waals surface area contributed by atoms with Crippen molar-refractivity contribution in [1.82, 2.24) is 4.90 Å². The fraction of sp³-hybridized carbons (Fsp3) is 0.364. The molecule has 1 unspecified atom stereocenters. The van der Waals surface area contributed by atoms with Gasteiger partial charge in [0, 0.05) is 19.0 Å². The van der Waals surface area contributed by atoms with Crippen LogP contribution in [0.5, 0.6) is 11.5 Å². The average molecular weight is 369 g/mol. The third-order valence-electron chi connectivity index (χ3n) is 4.64. The quantitative estimate of drug-likeness (QED) is 0.489. The lowest BCUT2D eigenvalue weighted by atomic mass is 10.1. The van der Waals surface area contributed by atoms with E-state index in [0.29, 0.717) is 30.8 Å². The maximum Gasteiger partial charge on any atom is 0.222 e. The molecule has 144 valence electrons. The van der Waals surface area contributed by atoms with Crippen LogP contribution in [0.25, 0.3) is 0 Å². The summed E-state index contributed by atoms with van der Waals surface area (Å²) in [6.07, 6.45) is 1.05. The Balaban J connectivity index is 1.77. The predicted octanol–water partition coefficient (Wildman–Crippen LogP) is 4.28. The number of carbonyl (C=O) groups is 2. The Kier molecular flexibility index (Phi) is 7.41. The number of benzene rings is 2. The molecule has 5 nitrogen and oxygen atoms in total. The van der Waals surface area contributed by atoms with Gasteiger partial charge in [0.15, 0.2) is 5.78 Å². The van der Waals surface area contributed by atoms with Crippen LogP contribution in [-0.2, 0) is 4.79 Å². The molecule has 2 aromatic carbocycles. The first kappa shape index (κ1) is 20.5. The van der Waals surface area contributed by atoms with Crippen molar-refractivity contribution in [2.75, 3.05) is 20.8 Å². The molecule has 0 saturated carbocycles. The second-order valence-corrected chi connectivity index (χ2v) is 6.49. The molecule has 0 radical (unpaired) electrons. The lowest BCUT2D eigenvalue weighted by Crippen LogP contribution is -2.29. The molecule has 0 bridgehead atoms. The van der Waals surface area contributed by atoms with Crippen molar-refractivity contribution in [3.05, 3.63) is 59.7 Å². The van der Waals surface area contributed by atoms with Gasteiger partial charge in [-0.15, -0.1) is 0 Å². The van der Waals surface area contributed by atoms with Gasteiger partial charge in [0.2, 0.25) is 5.91 Å². The van der Waals surface area contributed by atoms with Crippen molar-refractivity contribution in [1.29, 1.82) is 0 Å². The van der Waals surface area contributed by atoms with Crippen LogP contribution in [-0.4, -0.2) is 37.4 Å². The highest BCUT2D eigenvalue weighted by atomic mass is 16.5. The molecule has 0 aliphatic heterocycles. The Morgan fingerprint density at radius 1 is 1.00 bits per heavy atom. The van der Waals surface area contributed by atoms with Crippen molar-refractivity contribution >= 4 is 11.7 Å². The number of hydrogen-bond acceptors (Lipinski definition) is 4. The summed E-state index contributed by atoms with van der Waals surface area (Å²) in [5.74, 6) is 1.61. The van der Waals surface area contributed by atoms with Crippen LogP contribution in [0.4, 0.5) is 0 Å². The van der Waals surface area contributed by atoms with Gasteiger partial charge in [-0.25, -0.2) is 0 Å². The predicted molar refractivity (Wildman–Crippen MR) is 105 cm³/mol. The number of methoxy groups -OCH3 is 1. The van der Waals surface area contributed by atoms with Gasteiger partial charge >= 0.3 is 0 Å². The standard InChI is InChI=1S/C22H27NO4/c1-16(18-7-11-20(26-4)12-8-18)23(3)22(25)6-5-15-27-21-13-9-19(10-14-21)17(2)24/h7-14,16H,5-6,15H2,1-4H3. The molecule has 1 atom stereocenters.